The molecule has 1 aliphatic heterocycles. The topological polar surface area (TPSA) is 41.9 Å². The van der Waals surface area contributed by atoms with Crippen LogP contribution in [-0.4, -0.2) is 21.0 Å². The van der Waals surface area contributed by atoms with Crippen LogP contribution in [0.4, 0.5) is 5.95 Å². The van der Waals surface area contributed by atoms with Crippen LogP contribution in [0.1, 0.15) is 78.9 Å². The van der Waals surface area contributed by atoms with Gasteiger partial charge in [0, 0.05) is 34.6 Å². The van der Waals surface area contributed by atoms with Crippen molar-refractivity contribution in [1.29, 1.82) is 0 Å². The SMILES string of the molecule is CC1(C)c2ccc3c(c2C2C=CC=C[C@@H]21)C1=C(CC/C=C/C=C\1)N(c1nc(-c2ccccc2)nc(C2C=CC=CC2)n1)C1C=CC=CC31. The molecule has 0 amide bonds. The number of benzene rings is 2. The van der Waals surface area contributed by atoms with Crippen LogP contribution in [0.25, 0.3) is 17.0 Å². The minimum absolute atomic E-state index is 0.0174. The summed E-state index contributed by atoms with van der Waals surface area (Å²) >= 11 is 0. The average molecular weight is 625 g/mol. The average Bonchev–Trinajstić information content (AvgIpc) is 3.29. The third-order valence-corrected chi connectivity index (χ3v) is 11.2. The second-order valence-corrected chi connectivity index (χ2v) is 14.2. The van der Waals surface area contributed by atoms with E-state index in [9.17, 15) is 0 Å². The maximum atomic E-state index is 5.37. The zero-order valence-electron chi connectivity index (χ0n) is 27.6. The van der Waals surface area contributed by atoms with Gasteiger partial charge in [-0.25, -0.2) is 4.98 Å². The summed E-state index contributed by atoms with van der Waals surface area (Å²) in [4.78, 5) is 18.3. The Bertz CT molecular complexity index is 2070. The predicted octanol–water partition coefficient (Wildman–Crippen LogP) is 9.97. The Kier molecular flexibility index (Phi) is 7.00. The third kappa shape index (κ3) is 4.61. The maximum absolute atomic E-state index is 5.37. The van der Waals surface area contributed by atoms with E-state index in [0.717, 1.165) is 42.4 Å². The summed E-state index contributed by atoms with van der Waals surface area (Å²) in [7, 11) is 0. The molecule has 0 bridgehead atoms. The number of allylic oxidation sites excluding steroid dienone is 16. The maximum Gasteiger partial charge on any atom is 0.234 e. The molecule has 6 aliphatic rings. The van der Waals surface area contributed by atoms with E-state index < -0.39 is 0 Å². The van der Waals surface area contributed by atoms with Gasteiger partial charge >= 0.3 is 0 Å². The lowest BCUT2D eigenvalue weighted by molar-refractivity contribution is 0.394. The molecule has 1 aromatic heterocycles. The van der Waals surface area contributed by atoms with E-state index in [-0.39, 0.29) is 23.3 Å². The smallest absolute Gasteiger partial charge is 0.234 e. The van der Waals surface area contributed by atoms with Crippen LogP contribution in [0.15, 0.2) is 145 Å². The molecular formula is C44H40N4. The molecule has 5 atom stereocenters. The number of nitrogens with zero attached hydrogens (tertiary/aromatic N) is 4. The Morgan fingerprint density at radius 3 is 2.38 bits per heavy atom. The number of hydrogen-bond acceptors (Lipinski definition) is 4. The van der Waals surface area contributed by atoms with Crippen molar-refractivity contribution in [2.45, 2.75) is 62.3 Å². The van der Waals surface area contributed by atoms with Gasteiger partial charge in [-0.2, -0.15) is 9.97 Å². The van der Waals surface area contributed by atoms with Crippen LogP contribution in [0, 0.1) is 5.92 Å². The number of hydrogen-bond donors (Lipinski definition) is 0. The zero-order chi connectivity index (χ0) is 32.2. The fraction of sp³-hybridized carbons (Fsp3) is 0.250. The number of anilines is 1. The van der Waals surface area contributed by atoms with Crippen LogP contribution < -0.4 is 4.90 Å². The van der Waals surface area contributed by atoms with Crippen molar-refractivity contribution in [2.75, 3.05) is 4.90 Å². The van der Waals surface area contributed by atoms with Crippen molar-refractivity contribution in [3.8, 4) is 11.4 Å². The summed E-state index contributed by atoms with van der Waals surface area (Å²) in [5.74, 6) is 3.27. The summed E-state index contributed by atoms with van der Waals surface area (Å²) in [6, 6.07) is 15.3. The molecular weight excluding hydrogens is 585 g/mol. The monoisotopic (exact) mass is 624 g/mol. The van der Waals surface area contributed by atoms with Crippen LogP contribution in [0.2, 0.25) is 0 Å². The van der Waals surface area contributed by atoms with Crippen molar-refractivity contribution in [1.82, 2.24) is 15.0 Å². The second-order valence-electron chi connectivity index (χ2n) is 14.2. The number of fused-ring (bicyclic) bond motifs is 8. The van der Waals surface area contributed by atoms with E-state index in [0.29, 0.717) is 11.8 Å². The van der Waals surface area contributed by atoms with Gasteiger partial charge in [0.1, 0.15) is 5.82 Å². The van der Waals surface area contributed by atoms with Crippen LogP contribution in [-0.2, 0) is 5.41 Å². The van der Waals surface area contributed by atoms with Crippen LogP contribution in [0.5, 0.6) is 0 Å². The molecule has 236 valence electrons. The molecule has 4 nitrogen and oxygen atoms in total. The Hall–Kier alpha value is -5.09. The molecule has 9 rings (SSSR count). The van der Waals surface area contributed by atoms with E-state index in [4.69, 9.17) is 15.0 Å². The largest absolute Gasteiger partial charge is 0.306 e. The molecule has 0 fully saturated rings. The van der Waals surface area contributed by atoms with E-state index in [2.05, 4.69) is 152 Å². The van der Waals surface area contributed by atoms with Gasteiger partial charge < -0.3 is 4.90 Å². The minimum Gasteiger partial charge on any atom is -0.306 e. The highest BCUT2D eigenvalue weighted by Gasteiger charge is 2.48. The second kappa shape index (κ2) is 11.6. The Labute approximate surface area is 283 Å². The highest BCUT2D eigenvalue weighted by Crippen LogP contribution is 2.57. The lowest BCUT2D eigenvalue weighted by Crippen LogP contribution is -2.39. The standard InChI is InChI=1S/C44H40N4/c1-44(2)35-24-15-13-22-33(35)40-36(44)28-27-32-31-21-14-16-26-37(31)48(38-25-12-4-3-11-23-34(38)39(32)40)43-46-41(29-17-7-5-8-18-29)45-42(47-43)30-19-9-6-10-20-30/h3-11,13-19,21-24,26-28,30-31,33,35,37H,12,20,25H2,1-2H3/b4-3+,23-11-/t30?,31?,33?,35-,37?/m0/s1. The first-order valence-corrected chi connectivity index (χ1v) is 17.5. The van der Waals surface area contributed by atoms with E-state index >= 15 is 0 Å². The van der Waals surface area contributed by atoms with Crippen molar-refractivity contribution in [3.05, 3.63) is 173 Å². The third-order valence-electron chi connectivity index (χ3n) is 11.2. The molecule has 4 unspecified atom stereocenters. The Morgan fingerprint density at radius 1 is 0.729 bits per heavy atom. The van der Waals surface area contributed by atoms with Crippen LogP contribution >= 0.6 is 0 Å². The first-order valence-electron chi connectivity index (χ1n) is 17.5. The Balaban J connectivity index is 1.33. The molecule has 0 saturated carbocycles. The van der Waals surface area contributed by atoms with Crippen molar-refractivity contribution < 1.29 is 0 Å². The van der Waals surface area contributed by atoms with Gasteiger partial charge in [0.05, 0.1) is 6.04 Å². The summed E-state index contributed by atoms with van der Waals surface area (Å²) in [6.45, 7) is 4.86. The van der Waals surface area contributed by atoms with Gasteiger partial charge in [0.25, 0.3) is 0 Å². The summed E-state index contributed by atoms with van der Waals surface area (Å²) in [5.41, 5.74) is 9.38. The molecule has 4 heteroatoms. The molecule has 5 aliphatic carbocycles. The van der Waals surface area contributed by atoms with Gasteiger partial charge in [-0.15, -0.1) is 0 Å². The fourth-order valence-corrected chi connectivity index (χ4v) is 8.84. The number of rotatable bonds is 3. The van der Waals surface area contributed by atoms with Crippen LogP contribution in [0.3, 0.4) is 0 Å². The Morgan fingerprint density at radius 2 is 1.52 bits per heavy atom. The van der Waals surface area contributed by atoms with E-state index in [1.165, 1.54) is 33.5 Å². The van der Waals surface area contributed by atoms with Crippen molar-refractivity contribution in [2.24, 2.45) is 5.92 Å². The predicted molar refractivity (Wildman–Crippen MR) is 197 cm³/mol. The zero-order valence-corrected chi connectivity index (χ0v) is 27.6. The summed E-state index contributed by atoms with van der Waals surface area (Å²) < 4.78 is 0. The van der Waals surface area contributed by atoms with Gasteiger partial charge in [0.2, 0.25) is 5.95 Å². The molecule has 0 spiro atoms. The molecule has 0 saturated heterocycles. The highest BCUT2D eigenvalue weighted by atomic mass is 15.3. The fourth-order valence-electron chi connectivity index (χ4n) is 8.84. The number of aromatic nitrogens is 3. The first kappa shape index (κ1) is 29.1. The highest BCUT2D eigenvalue weighted by molar-refractivity contribution is 5.87. The van der Waals surface area contributed by atoms with Gasteiger partial charge in [-0.05, 0) is 52.8 Å². The summed E-state index contributed by atoms with van der Waals surface area (Å²) in [6.07, 6.45) is 39.0. The van der Waals surface area contributed by atoms with Gasteiger partial charge in [-0.1, -0.05) is 154 Å². The summed E-state index contributed by atoms with van der Waals surface area (Å²) in [5, 5.41) is 0. The first-order chi connectivity index (χ1) is 23.6. The lowest BCUT2D eigenvalue weighted by atomic mass is 9.74. The molecule has 2 aromatic carbocycles. The molecule has 0 radical (unpaired) electrons. The normalized spacial score (nSPS) is 28.5. The quantitative estimate of drug-likeness (QED) is 0.291. The van der Waals surface area contributed by atoms with Gasteiger partial charge in [-0.3, -0.25) is 0 Å². The molecule has 48 heavy (non-hydrogen) atoms. The van der Waals surface area contributed by atoms with Crippen molar-refractivity contribution >= 4 is 11.5 Å². The lowest BCUT2D eigenvalue weighted by Gasteiger charge is -2.36. The molecule has 3 aromatic rings. The van der Waals surface area contributed by atoms with Gasteiger partial charge in [0.15, 0.2) is 5.82 Å². The minimum atomic E-state index is 0.0174. The van der Waals surface area contributed by atoms with Crippen molar-refractivity contribution in [3.63, 3.8) is 0 Å². The van der Waals surface area contributed by atoms with E-state index in [1.807, 2.05) is 6.07 Å². The molecule has 0 N–H and O–H groups in total. The molecule has 2 heterocycles. The van der Waals surface area contributed by atoms with E-state index in [1.54, 1.807) is 0 Å².